The number of carbonyl (C=O) groups excluding carboxylic acids is 1. The lowest BCUT2D eigenvalue weighted by Crippen LogP contribution is -2.21. The van der Waals surface area contributed by atoms with Crippen molar-refractivity contribution in [2.45, 2.75) is 58.4 Å². The van der Waals surface area contributed by atoms with Crippen LogP contribution in [0.15, 0.2) is 23.1 Å². The van der Waals surface area contributed by atoms with Crippen LogP contribution < -0.4 is 5.43 Å². The molecule has 0 amide bonds. The van der Waals surface area contributed by atoms with Crippen molar-refractivity contribution in [1.82, 2.24) is 4.57 Å². The molecule has 0 bridgehead atoms. The summed E-state index contributed by atoms with van der Waals surface area (Å²) in [7, 11) is 0. The van der Waals surface area contributed by atoms with Gasteiger partial charge in [-0.3, -0.25) is 4.79 Å². The van der Waals surface area contributed by atoms with Crippen LogP contribution in [-0.4, -0.2) is 17.1 Å². The first-order valence-electron chi connectivity index (χ1n) is 10.5. The maximum atomic E-state index is 14.7. The maximum Gasteiger partial charge on any atom is 0.343 e. The van der Waals surface area contributed by atoms with E-state index in [0.29, 0.717) is 16.8 Å². The third-order valence-electron chi connectivity index (χ3n) is 5.99. The zero-order chi connectivity index (χ0) is 20.5. The minimum atomic E-state index is -0.638. The summed E-state index contributed by atoms with van der Waals surface area (Å²) >= 11 is 0. The number of hydrogen-bond donors (Lipinski definition) is 0. The molecule has 0 N–H and O–H groups in total. The van der Waals surface area contributed by atoms with E-state index in [0.717, 1.165) is 25.2 Å². The Morgan fingerprint density at radius 3 is 2.72 bits per heavy atom. The summed E-state index contributed by atoms with van der Waals surface area (Å²) in [6.07, 6.45) is 7.71. The molecule has 1 heterocycles. The average Bonchev–Trinajstić information content (AvgIpc) is 3.45. The van der Waals surface area contributed by atoms with Gasteiger partial charge < -0.3 is 9.30 Å². The van der Waals surface area contributed by atoms with Gasteiger partial charge in [0.2, 0.25) is 5.43 Å². The molecule has 4 rings (SSSR count). The van der Waals surface area contributed by atoms with Gasteiger partial charge in [-0.15, -0.1) is 0 Å². The smallest absolute Gasteiger partial charge is 0.343 e. The molecule has 0 spiro atoms. The van der Waals surface area contributed by atoms with Crippen LogP contribution in [0, 0.1) is 29.5 Å². The summed E-state index contributed by atoms with van der Waals surface area (Å²) in [4.78, 5) is 25.2. The molecule has 2 saturated carbocycles. The van der Waals surface area contributed by atoms with Crippen LogP contribution >= 0.6 is 0 Å². The van der Waals surface area contributed by atoms with E-state index in [1.807, 2.05) is 4.57 Å². The summed E-state index contributed by atoms with van der Waals surface area (Å²) in [6, 6.07) is 2.89. The lowest BCUT2D eigenvalue weighted by molar-refractivity contribution is 0.0524. The fraction of sp³-hybridized carbons (Fsp3) is 0.500. The first-order chi connectivity index (χ1) is 14.0. The molecule has 2 atom stereocenters. The Labute approximate surface area is 170 Å². The second kappa shape index (κ2) is 8.02. The Morgan fingerprint density at radius 2 is 2.07 bits per heavy atom. The molecule has 2 aliphatic carbocycles. The van der Waals surface area contributed by atoms with Crippen LogP contribution in [-0.2, 0) is 4.74 Å². The number of esters is 1. The predicted octanol–water partition coefficient (Wildman–Crippen LogP) is 4.83. The predicted molar refractivity (Wildman–Crippen MR) is 110 cm³/mol. The van der Waals surface area contributed by atoms with Gasteiger partial charge >= 0.3 is 5.97 Å². The molecule has 5 heteroatoms. The van der Waals surface area contributed by atoms with E-state index in [1.54, 1.807) is 6.92 Å². The normalized spacial score (nSPS) is 21.1. The average molecular weight is 395 g/mol. The molecule has 1 aromatic carbocycles. The Balaban J connectivity index is 1.81. The lowest BCUT2D eigenvalue weighted by Gasteiger charge is -2.14. The Bertz CT molecular complexity index is 1070. The van der Waals surface area contributed by atoms with Gasteiger partial charge in [0.05, 0.1) is 17.7 Å². The van der Waals surface area contributed by atoms with Crippen LogP contribution in [0.5, 0.6) is 0 Å². The van der Waals surface area contributed by atoms with E-state index in [2.05, 4.69) is 18.8 Å². The second-order valence-corrected chi connectivity index (χ2v) is 8.34. The van der Waals surface area contributed by atoms with Gasteiger partial charge in [0.1, 0.15) is 11.4 Å². The number of fused-ring (bicyclic) bond motifs is 1. The fourth-order valence-corrected chi connectivity index (χ4v) is 4.33. The van der Waals surface area contributed by atoms with Gasteiger partial charge in [-0.25, -0.2) is 9.18 Å². The van der Waals surface area contributed by atoms with Gasteiger partial charge in [0.15, 0.2) is 0 Å². The van der Waals surface area contributed by atoms with E-state index >= 15 is 0 Å². The number of pyridine rings is 1. The van der Waals surface area contributed by atoms with Crippen molar-refractivity contribution in [3.8, 4) is 11.8 Å². The van der Waals surface area contributed by atoms with Crippen molar-refractivity contribution in [2.75, 3.05) is 6.61 Å². The molecule has 1 aromatic heterocycles. The van der Waals surface area contributed by atoms with Crippen molar-refractivity contribution in [1.29, 1.82) is 0 Å². The van der Waals surface area contributed by atoms with E-state index in [9.17, 15) is 14.0 Å². The van der Waals surface area contributed by atoms with Gasteiger partial charge in [0, 0.05) is 24.0 Å². The van der Waals surface area contributed by atoms with Crippen LogP contribution in [0.4, 0.5) is 4.39 Å². The SMILES string of the molecule is CCOC(=O)c1cn(C2CC2)c2c(C#CC[C@H]3CC[C@@H](C)C3)c(F)ccc2c1=O. The number of ether oxygens (including phenoxy) is 1. The van der Waals surface area contributed by atoms with Crippen LogP contribution in [0.3, 0.4) is 0 Å². The summed E-state index contributed by atoms with van der Waals surface area (Å²) < 4.78 is 21.6. The monoisotopic (exact) mass is 395 g/mol. The highest BCUT2D eigenvalue weighted by atomic mass is 19.1. The lowest BCUT2D eigenvalue weighted by atomic mass is 10.0. The number of benzene rings is 1. The van der Waals surface area contributed by atoms with Crippen molar-refractivity contribution >= 4 is 16.9 Å². The number of aromatic nitrogens is 1. The molecule has 4 nitrogen and oxygen atoms in total. The molecule has 0 radical (unpaired) electrons. The first kappa shape index (κ1) is 19.7. The number of carbonyl (C=O) groups is 1. The number of hydrogen-bond acceptors (Lipinski definition) is 3. The van der Waals surface area contributed by atoms with Crippen molar-refractivity contribution in [2.24, 2.45) is 11.8 Å². The molecular formula is C24H26FNO3. The highest BCUT2D eigenvalue weighted by Crippen LogP contribution is 2.38. The Hall–Kier alpha value is -2.61. The van der Waals surface area contributed by atoms with Crippen molar-refractivity contribution in [3.63, 3.8) is 0 Å². The highest BCUT2D eigenvalue weighted by molar-refractivity contribution is 5.95. The summed E-state index contributed by atoms with van der Waals surface area (Å²) in [6.45, 7) is 4.15. The minimum Gasteiger partial charge on any atom is -0.462 e. The molecule has 29 heavy (non-hydrogen) atoms. The van der Waals surface area contributed by atoms with E-state index in [1.165, 1.54) is 37.6 Å². The van der Waals surface area contributed by atoms with Crippen LogP contribution in [0.25, 0.3) is 10.9 Å². The third-order valence-corrected chi connectivity index (χ3v) is 5.99. The molecule has 2 fully saturated rings. The van der Waals surface area contributed by atoms with E-state index in [-0.39, 0.29) is 23.8 Å². The zero-order valence-corrected chi connectivity index (χ0v) is 17.0. The molecule has 0 aliphatic heterocycles. The summed E-state index contributed by atoms with van der Waals surface area (Å²) in [5, 5.41) is 0.322. The quantitative estimate of drug-likeness (QED) is 0.550. The first-order valence-corrected chi connectivity index (χ1v) is 10.5. The van der Waals surface area contributed by atoms with Gasteiger partial charge in [-0.1, -0.05) is 25.2 Å². The Kier molecular flexibility index (Phi) is 5.45. The molecular weight excluding hydrogens is 369 g/mol. The summed E-state index contributed by atoms with van der Waals surface area (Å²) in [5.41, 5.74) is 0.325. The zero-order valence-electron chi connectivity index (χ0n) is 17.0. The number of rotatable bonds is 4. The fourth-order valence-electron chi connectivity index (χ4n) is 4.33. The van der Waals surface area contributed by atoms with Crippen molar-refractivity contribution in [3.05, 3.63) is 45.5 Å². The molecule has 0 unspecified atom stereocenters. The minimum absolute atomic E-state index is 0.00305. The van der Waals surface area contributed by atoms with E-state index < -0.39 is 17.2 Å². The number of nitrogens with zero attached hydrogens (tertiary/aromatic N) is 1. The van der Waals surface area contributed by atoms with Gasteiger partial charge in [-0.2, -0.15) is 0 Å². The standard InChI is InChI=1S/C24H26FNO3/c1-3-29-24(28)20-14-26(17-9-10-17)22-18(21(25)12-11-19(22)23(20)27)6-4-5-16-8-7-15(2)13-16/h11-12,14-17H,3,5,7-10,13H2,1-2H3/t15-,16+/m1/s1. The van der Waals surface area contributed by atoms with Crippen LogP contribution in [0.2, 0.25) is 0 Å². The number of halogens is 1. The van der Waals surface area contributed by atoms with Gasteiger partial charge in [-0.05, 0) is 56.6 Å². The van der Waals surface area contributed by atoms with Crippen molar-refractivity contribution < 1.29 is 13.9 Å². The molecule has 0 saturated heterocycles. The topological polar surface area (TPSA) is 48.3 Å². The highest BCUT2D eigenvalue weighted by Gasteiger charge is 2.29. The second-order valence-electron chi connectivity index (χ2n) is 8.34. The van der Waals surface area contributed by atoms with E-state index in [4.69, 9.17) is 4.74 Å². The van der Waals surface area contributed by atoms with Crippen LogP contribution in [0.1, 0.15) is 74.3 Å². The largest absolute Gasteiger partial charge is 0.462 e. The third kappa shape index (κ3) is 3.94. The maximum absolute atomic E-state index is 14.7. The van der Waals surface area contributed by atoms with Gasteiger partial charge in [0.25, 0.3) is 0 Å². The molecule has 2 aliphatic rings. The Morgan fingerprint density at radius 1 is 1.28 bits per heavy atom. The molecule has 2 aromatic rings. The summed E-state index contributed by atoms with van der Waals surface area (Å²) in [5.74, 6) is 6.42. The molecule has 152 valence electrons.